The van der Waals surface area contributed by atoms with Crippen LogP contribution in [0.4, 0.5) is 5.69 Å². The topological polar surface area (TPSA) is 56.0 Å². The highest BCUT2D eigenvalue weighted by molar-refractivity contribution is 5.95. The van der Waals surface area contributed by atoms with Gasteiger partial charge in [0.1, 0.15) is 0 Å². The zero-order valence-corrected chi connectivity index (χ0v) is 14.2. The Labute approximate surface area is 150 Å². The zero-order valence-electron chi connectivity index (χ0n) is 14.2. The molecule has 0 N–H and O–H groups in total. The maximum Gasteiger partial charge on any atom is 0.269 e. The number of non-ortho nitro benzene ring substituents is 1. The van der Waals surface area contributed by atoms with E-state index in [4.69, 9.17) is 4.98 Å². The van der Waals surface area contributed by atoms with Crippen LogP contribution in [0, 0.1) is 17.0 Å². The standard InChI is InChI=1S/C22H16N2O2/c1-15-5-7-17(8-6-15)21-14-13-20-19(3-2-4-22(20)23-21)16-9-11-18(12-10-16)24(25)26/h2-14H,1H3. The van der Waals surface area contributed by atoms with Crippen molar-refractivity contribution < 1.29 is 4.92 Å². The van der Waals surface area contributed by atoms with Gasteiger partial charge >= 0.3 is 0 Å². The van der Waals surface area contributed by atoms with Gasteiger partial charge in [0.05, 0.1) is 16.1 Å². The summed E-state index contributed by atoms with van der Waals surface area (Å²) in [6, 6.07) is 25.0. The maximum atomic E-state index is 10.8. The van der Waals surface area contributed by atoms with E-state index in [0.717, 1.165) is 33.3 Å². The van der Waals surface area contributed by atoms with Crippen molar-refractivity contribution in [1.29, 1.82) is 0 Å². The van der Waals surface area contributed by atoms with Gasteiger partial charge in [-0.1, -0.05) is 48.0 Å². The first-order valence-corrected chi connectivity index (χ1v) is 8.33. The van der Waals surface area contributed by atoms with Crippen molar-refractivity contribution in [2.75, 3.05) is 0 Å². The van der Waals surface area contributed by atoms with Crippen LogP contribution in [0.3, 0.4) is 0 Å². The Bertz CT molecular complexity index is 1100. The molecule has 4 nitrogen and oxygen atoms in total. The predicted molar refractivity (Wildman–Crippen MR) is 104 cm³/mol. The molecule has 0 aliphatic heterocycles. The first kappa shape index (κ1) is 16.0. The van der Waals surface area contributed by atoms with Crippen LogP contribution >= 0.6 is 0 Å². The van der Waals surface area contributed by atoms with E-state index < -0.39 is 0 Å². The lowest BCUT2D eigenvalue weighted by atomic mass is 9.99. The van der Waals surface area contributed by atoms with Crippen molar-refractivity contribution in [2.24, 2.45) is 0 Å². The monoisotopic (exact) mass is 340 g/mol. The number of fused-ring (bicyclic) bond motifs is 1. The number of nitro groups is 1. The van der Waals surface area contributed by atoms with E-state index >= 15 is 0 Å². The SMILES string of the molecule is Cc1ccc(-c2ccc3c(-c4ccc([N+](=O)[O-])cc4)cccc3n2)cc1. The predicted octanol–water partition coefficient (Wildman–Crippen LogP) is 5.79. The fourth-order valence-corrected chi connectivity index (χ4v) is 3.05. The van der Waals surface area contributed by atoms with E-state index in [1.54, 1.807) is 12.1 Å². The lowest BCUT2D eigenvalue weighted by Crippen LogP contribution is -1.89. The van der Waals surface area contributed by atoms with Crippen LogP contribution in [0.1, 0.15) is 5.56 Å². The molecule has 0 saturated heterocycles. The van der Waals surface area contributed by atoms with Gasteiger partial charge in [0.15, 0.2) is 0 Å². The molecule has 3 aromatic carbocycles. The second kappa shape index (κ2) is 6.41. The highest BCUT2D eigenvalue weighted by Crippen LogP contribution is 2.30. The van der Waals surface area contributed by atoms with Crippen LogP contribution in [0.2, 0.25) is 0 Å². The molecule has 0 atom stereocenters. The second-order valence-corrected chi connectivity index (χ2v) is 6.24. The smallest absolute Gasteiger partial charge is 0.258 e. The lowest BCUT2D eigenvalue weighted by molar-refractivity contribution is -0.384. The fraction of sp³-hybridized carbons (Fsp3) is 0.0455. The van der Waals surface area contributed by atoms with Crippen molar-refractivity contribution in [3.8, 4) is 22.4 Å². The number of nitrogens with zero attached hydrogens (tertiary/aromatic N) is 2. The maximum absolute atomic E-state index is 10.8. The van der Waals surface area contributed by atoms with Crippen molar-refractivity contribution in [3.63, 3.8) is 0 Å². The van der Waals surface area contributed by atoms with E-state index in [-0.39, 0.29) is 10.6 Å². The molecule has 0 aliphatic carbocycles. The minimum Gasteiger partial charge on any atom is -0.258 e. The number of nitro benzene ring substituents is 1. The summed E-state index contributed by atoms with van der Waals surface area (Å²) in [7, 11) is 0. The number of pyridine rings is 1. The van der Waals surface area contributed by atoms with E-state index in [9.17, 15) is 10.1 Å². The Morgan fingerprint density at radius 3 is 2.19 bits per heavy atom. The summed E-state index contributed by atoms with van der Waals surface area (Å²) in [5, 5.41) is 11.9. The van der Waals surface area contributed by atoms with Gasteiger partial charge in [0.25, 0.3) is 5.69 Å². The number of hydrogen-bond acceptors (Lipinski definition) is 3. The number of hydrogen-bond donors (Lipinski definition) is 0. The molecule has 1 heterocycles. The fourth-order valence-electron chi connectivity index (χ4n) is 3.05. The molecule has 0 aliphatic rings. The highest BCUT2D eigenvalue weighted by atomic mass is 16.6. The van der Waals surface area contributed by atoms with Gasteiger partial charge in [0.2, 0.25) is 0 Å². The van der Waals surface area contributed by atoms with Crippen molar-refractivity contribution in [2.45, 2.75) is 6.92 Å². The molecule has 4 rings (SSSR count). The molecule has 0 spiro atoms. The summed E-state index contributed by atoms with van der Waals surface area (Å²) < 4.78 is 0. The van der Waals surface area contributed by atoms with Crippen LogP contribution in [-0.2, 0) is 0 Å². The quantitative estimate of drug-likeness (QED) is 0.350. The molecule has 4 aromatic rings. The summed E-state index contributed by atoms with van der Waals surface area (Å²) in [6.07, 6.45) is 0. The van der Waals surface area contributed by atoms with Gasteiger partial charge in [-0.3, -0.25) is 10.1 Å². The second-order valence-electron chi connectivity index (χ2n) is 6.24. The summed E-state index contributed by atoms with van der Waals surface area (Å²) >= 11 is 0. The van der Waals surface area contributed by atoms with Gasteiger partial charge in [-0.2, -0.15) is 0 Å². The minimum absolute atomic E-state index is 0.0915. The van der Waals surface area contributed by atoms with Crippen LogP contribution < -0.4 is 0 Å². The first-order valence-electron chi connectivity index (χ1n) is 8.33. The summed E-state index contributed by atoms with van der Waals surface area (Å²) in [5.74, 6) is 0. The summed E-state index contributed by atoms with van der Waals surface area (Å²) in [4.78, 5) is 15.3. The molecule has 0 unspecified atom stereocenters. The third kappa shape index (κ3) is 2.93. The Morgan fingerprint density at radius 2 is 1.50 bits per heavy atom. The summed E-state index contributed by atoms with van der Waals surface area (Å²) in [6.45, 7) is 2.06. The van der Waals surface area contributed by atoms with Gasteiger partial charge in [-0.15, -0.1) is 0 Å². The number of benzene rings is 3. The largest absolute Gasteiger partial charge is 0.269 e. The van der Waals surface area contributed by atoms with E-state index in [1.807, 2.05) is 24.3 Å². The number of aromatic nitrogens is 1. The van der Waals surface area contributed by atoms with Crippen LogP contribution in [-0.4, -0.2) is 9.91 Å². The third-order valence-corrected chi connectivity index (χ3v) is 4.47. The van der Waals surface area contributed by atoms with E-state index in [0.29, 0.717) is 0 Å². The molecule has 4 heteroatoms. The van der Waals surface area contributed by atoms with E-state index in [2.05, 4.69) is 37.3 Å². The average Bonchev–Trinajstić information content (AvgIpc) is 2.68. The molecule has 1 aromatic heterocycles. The molecule has 0 bridgehead atoms. The molecule has 0 fully saturated rings. The Hall–Kier alpha value is -3.53. The van der Waals surface area contributed by atoms with Crippen molar-refractivity contribution in [1.82, 2.24) is 4.98 Å². The molecule has 126 valence electrons. The number of rotatable bonds is 3. The molecule has 0 radical (unpaired) electrons. The Kier molecular flexibility index (Phi) is 3.93. The Balaban J connectivity index is 1.80. The highest BCUT2D eigenvalue weighted by Gasteiger charge is 2.09. The van der Waals surface area contributed by atoms with E-state index in [1.165, 1.54) is 17.7 Å². The van der Waals surface area contributed by atoms with Crippen LogP contribution in [0.25, 0.3) is 33.3 Å². The molecular formula is C22H16N2O2. The molecule has 0 saturated carbocycles. The van der Waals surface area contributed by atoms with Gasteiger partial charge < -0.3 is 0 Å². The zero-order chi connectivity index (χ0) is 18.1. The lowest BCUT2D eigenvalue weighted by Gasteiger charge is -2.09. The number of aryl methyl sites for hydroxylation is 1. The molecule has 26 heavy (non-hydrogen) atoms. The Morgan fingerprint density at radius 1 is 0.808 bits per heavy atom. The summed E-state index contributed by atoms with van der Waals surface area (Å²) in [5.41, 5.74) is 6.17. The normalized spacial score (nSPS) is 10.8. The molecular weight excluding hydrogens is 324 g/mol. The van der Waals surface area contributed by atoms with Gasteiger partial charge in [-0.05, 0) is 42.3 Å². The first-order chi connectivity index (χ1) is 12.6. The van der Waals surface area contributed by atoms with Gasteiger partial charge in [0, 0.05) is 23.1 Å². The third-order valence-electron chi connectivity index (χ3n) is 4.47. The van der Waals surface area contributed by atoms with Crippen molar-refractivity contribution in [3.05, 3.63) is 94.5 Å². The van der Waals surface area contributed by atoms with Crippen molar-refractivity contribution >= 4 is 16.6 Å². The van der Waals surface area contributed by atoms with Crippen LogP contribution in [0.5, 0.6) is 0 Å². The minimum atomic E-state index is -0.387. The van der Waals surface area contributed by atoms with Crippen LogP contribution in [0.15, 0.2) is 78.9 Å². The average molecular weight is 340 g/mol. The van der Waals surface area contributed by atoms with Gasteiger partial charge in [-0.25, -0.2) is 4.98 Å². The molecule has 0 amide bonds.